The quantitative estimate of drug-likeness (QED) is 0.0910. The van der Waals surface area contributed by atoms with Gasteiger partial charge in [0.15, 0.2) is 23.1 Å². The van der Waals surface area contributed by atoms with E-state index in [-0.39, 0.29) is 23.1 Å². The van der Waals surface area contributed by atoms with Crippen molar-refractivity contribution in [3.63, 3.8) is 0 Å². The first-order valence-corrected chi connectivity index (χ1v) is 14.6. The Labute approximate surface area is 235 Å². The van der Waals surface area contributed by atoms with Gasteiger partial charge in [-0.1, -0.05) is 114 Å². The summed E-state index contributed by atoms with van der Waals surface area (Å²) in [6, 6.07) is 13.6. The molecule has 4 nitrogen and oxygen atoms in total. The Kier molecular flexibility index (Phi) is 11.4. The number of ketones is 4. The third kappa shape index (κ3) is 7.55. The Morgan fingerprint density at radius 3 is 1.70 bits per heavy atom. The van der Waals surface area contributed by atoms with E-state index in [0.29, 0.717) is 26.5 Å². The molecule has 0 bridgehead atoms. The summed E-state index contributed by atoms with van der Waals surface area (Å²) in [6.45, 7) is 2.20. The van der Waals surface area contributed by atoms with E-state index in [1.54, 1.807) is 48.5 Å². The van der Waals surface area contributed by atoms with Crippen LogP contribution in [0.2, 0.25) is 0 Å². The van der Waals surface area contributed by atoms with Gasteiger partial charge in [-0.05, 0) is 37.1 Å². The molecule has 37 heavy (non-hydrogen) atoms. The van der Waals surface area contributed by atoms with Crippen LogP contribution in [0.1, 0.15) is 91.8 Å². The van der Waals surface area contributed by atoms with Crippen LogP contribution in [0.3, 0.4) is 0 Å². The van der Waals surface area contributed by atoms with Gasteiger partial charge in [0.05, 0.1) is 11.1 Å². The summed E-state index contributed by atoms with van der Waals surface area (Å²) in [5.41, 5.74) is 0.452. The lowest BCUT2D eigenvalue weighted by Gasteiger charge is -2.19. The zero-order valence-electron chi connectivity index (χ0n) is 21.2. The SMILES string of the molecule is CCCCCCCCCCCC1=C(C(=O)c2ccccc2Br)C(=O)C=C(C(=O)c2ccccc2Br)C1=O. The van der Waals surface area contributed by atoms with Crippen LogP contribution in [0.5, 0.6) is 0 Å². The average molecular weight is 628 g/mol. The summed E-state index contributed by atoms with van der Waals surface area (Å²) in [7, 11) is 0. The Morgan fingerprint density at radius 1 is 0.676 bits per heavy atom. The van der Waals surface area contributed by atoms with E-state index in [2.05, 4.69) is 38.8 Å². The van der Waals surface area contributed by atoms with Crippen molar-refractivity contribution in [2.75, 3.05) is 0 Å². The number of rotatable bonds is 14. The lowest BCUT2D eigenvalue weighted by molar-refractivity contribution is -0.115. The molecular formula is C31H32Br2O4. The topological polar surface area (TPSA) is 68.3 Å². The first-order valence-electron chi connectivity index (χ1n) is 13.0. The van der Waals surface area contributed by atoms with Crippen molar-refractivity contribution >= 4 is 55.0 Å². The van der Waals surface area contributed by atoms with Crippen LogP contribution in [0, 0.1) is 0 Å². The molecule has 0 aromatic heterocycles. The predicted molar refractivity (Wildman–Crippen MR) is 154 cm³/mol. The van der Waals surface area contributed by atoms with E-state index >= 15 is 0 Å². The average Bonchev–Trinajstić information content (AvgIpc) is 2.89. The minimum absolute atomic E-state index is 0.125. The normalized spacial score (nSPS) is 13.6. The molecule has 194 valence electrons. The van der Waals surface area contributed by atoms with Gasteiger partial charge in [0.1, 0.15) is 0 Å². The molecule has 2 aromatic rings. The Balaban J connectivity index is 1.83. The highest BCUT2D eigenvalue weighted by Gasteiger charge is 2.36. The van der Waals surface area contributed by atoms with Crippen molar-refractivity contribution < 1.29 is 19.2 Å². The molecule has 0 saturated carbocycles. The van der Waals surface area contributed by atoms with E-state index < -0.39 is 23.1 Å². The molecule has 0 radical (unpaired) electrons. The van der Waals surface area contributed by atoms with E-state index in [9.17, 15) is 19.2 Å². The summed E-state index contributed by atoms with van der Waals surface area (Å²) in [5, 5.41) is 0. The molecule has 6 heteroatoms. The van der Waals surface area contributed by atoms with E-state index in [1.807, 2.05) is 0 Å². The maximum absolute atomic E-state index is 13.6. The summed E-state index contributed by atoms with van der Waals surface area (Å²) >= 11 is 6.74. The van der Waals surface area contributed by atoms with Gasteiger partial charge in [-0.2, -0.15) is 0 Å². The third-order valence-corrected chi connectivity index (χ3v) is 7.96. The van der Waals surface area contributed by atoms with Crippen LogP contribution in [0.15, 0.2) is 80.3 Å². The summed E-state index contributed by atoms with van der Waals surface area (Å²) in [6.07, 6.45) is 11.2. The Bertz CT molecular complexity index is 1240. The molecule has 0 saturated heterocycles. The summed E-state index contributed by atoms with van der Waals surface area (Å²) in [4.78, 5) is 53.6. The van der Waals surface area contributed by atoms with E-state index in [1.165, 1.54) is 32.1 Å². The fourth-order valence-electron chi connectivity index (χ4n) is 4.53. The number of Topliss-reactive ketones (excluding diaryl/α,β-unsaturated/α-hetero) is 3. The summed E-state index contributed by atoms with van der Waals surface area (Å²) < 4.78 is 1.09. The van der Waals surface area contributed by atoms with Gasteiger partial charge in [0.2, 0.25) is 0 Å². The maximum Gasteiger partial charge on any atom is 0.198 e. The fraction of sp³-hybridized carbons (Fsp3) is 0.355. The van der Waals surface area contributed by atoms with Crippen LogP contribution in [0.4, 0.5) is 0 Å². The zero-order valence-corrected chi connectivity index (χ0v) is 24.3. The molecule has 1 aliphatic rings. The minimum Gasteiger partial charge on any atom is -0.289 e. The number of hydrogen-bond acceptors (Lipinski definition) is 4. The van der Waals surface area contributed by atoms with Gasteiger partial charge >= 0.3 is 0 Å². The monoisotopic (exact) mass is 626 g/mol. The van der Waals surface area contributed by atoms with E-state index in [4.69, 9.17) is 0 Å². The minimum atomic E-state index is -0.596. The van der Waals surface area contributed by atoms with Crippen molar-refractivity contribution in [1.82, 2.24) is 0 Å². The molecular weight excluding hydrogens is 596 g/mol. The molecule has 0 atom stereocenters. The van der Waals surface area contributed by atoms with Gasteiger partial charge in [0, 0.05) is 31.7 Å². The number of benzene rings is 2. The lowest BCUT2D eigenvalue weighted by Crippen LogP contribution is -2.28. The first kappa shape index (κ1) is 29.1. The highest BCUT2D eigenvalue weighted by molar-refractivity contribution is 9.10. The molecule has 0 amide bonds. The number of hydrogen-bond donors (Lipinski definition) is 0. The van der Waals surface area contributed by atoms with Crippen molar-refractivity contribution in [1.29, 1.82) is 0 Å². The highest BCUT2D eigenvalue weighted by atomic mass is 79.9. The van der Waals surface area contributed by atoms with Crippen molar-refractivity contribution in [2.24, 2.45) is 0 Å². The first-order chi connectivity index (χ1) is 17.9. The fourth-order valence-corrected chi connectivity index (χ4v) is 5.46. The molecule has 0 aliphatic heterocycles. The van der Waals surface area contributed by atoms with Crippen LogP contribution < -0.4 is 0 Å². The van der Waals surface area contributed by atoms with Crippen LogP contribution in [-0.4, -0.2) is 23.1 Å². The number of unbranched alkanes of at least 4 members (excludes halogenated alkanes) is 8. The van der Waals surface area contributed by atoms with Gasteiger partial charge in [0.25, 0.3) is 0 Å². The number of halogens is 2. The third-order valence-electron chi connectivity index (χ3n) is 6.58. The van der Waals surface area contributed by atoms with Gasteiger partial charge < -0.3 is 0 Å². The lowest BCUT2D eigenvalue weighted by atomic mass is 9.81. The van der Waals surface area contributed by atoms with Crippen LogP contribution >= 0.6 is 31.9 Å². The standard InChI is InChI=1S/C31H32Br2O4/c1-2-3-4-5-6-7-8-9-10-17-23-28(31(37)22-16-12-14-19-26(22)33)27(34)20-24(30(23)36)29(35)21-15-11-13-18-25(21)32/h11-16,18-20H,2-10,17H2,1H3. The predicted octanol–water partition coefficient (Wildman–Crippen LogP) is 8.57. The van der Waals surface area contributed by atoms with E-state index in [0.717, 1.165) is 25.3 Å². The van der Waals surface area contributed by atoms with Crippen molar-refractivity contribution in [2.45, 2.75) is 71.1 Å². The Hall–Kier alpha value is -2.44. The van der Waals surface area contributed by atoms with Crippen LogP contribution in [-0.2, 0) is 9.59 Å². The number of carbonyl (C=O) groups excluding carboxylic acids is 4. The van der Waals surface area contributed by atoms with Crippen LogP contribution in [0.25, 0.3) is 0 Å². The van der Waals surface area contributed by atoms with Crippen molar-refractivity contribution in [3.8, 4) is 0 Å². The second-order valence-corrected chi connectivity index (χ2v) is 11.0. The molecule has 0 N–H and O–H groups in total. The van der Waals surface area contributed by atoms with Gasteiger partial charge in [-0.15, -0.1) is 0 Å². The molecule has 1 aliphatic carbocycles. The second-order valence-electron chi connectivity index (χ2n) is 9.30. The number of carbonyl (C=O) groups is 4. The summed E-state index contributed by atoms with van der Waals surface area (Å²) in [5.74, 6) is -2.15. The Morgan fingerprint density at radius 2 is 1.16 bits per heavy atom. The molecule has 2 aromatic carbocycles. The number of allylic oxidation sites excluding steroid dienone is 4. The molecule has 0 unspecified atom stereocenters. The second kappa shape index (κ2) is 14.5. The highest BCUT2D eigenvalue weighted by Crippen LogP contribution is 2.31. The molecule has 3 rings (SSSR count). The van der Waals surface area contributed by atoms with Gasteiger partial charge in [-0.3, -0.25) is 19.2 Å². The molecule has 0 heterocycles. The molecule has 0 spiro atoms. The zero-order chi connectivity index (χ0) is 26.8. The molecule has 0 fully saturated rings. The maximum atomic E-state index is 13.6. The van der Waals surface area contributed by atoms with Gasteiger partial charge in [-0.25, -0.2) is 0 Å². The van der Waals surface area contributed by atoms with Crippen molar-refractivity contribution in [3.05, 3.63) is 91.4 Å². The smallest absolute Gasteiger partial charge is 0.198 e. The largest absolute Gasteiger partial charge is 0.289 e.